The van der Waals surface area contributed by atoms with Gasteiger partial charge in [0.25, 0.3) is 0 Å². The van der Waals surface area contributed by atoms with Crippen LogP contribution in [0.15, 0.2) is 0 Å². The van der Waals surface area contributed by atoms with Crippen molar-refractivity contribution in [1.29, 1.82) is 0 Å². The van der Waals surface area contributed by atoms with E-state index < -0.39 is 0 Å². The number of hydrogen-bond acceptors (Lipinski definition) is 3. The molecule has 0 saturated heterocycles. The van der Waals surface area contributed by atoms with Crippen LogP contribution < -0.4 is 0 Å². The van der Waals surface area contributed by atoms with Crippen molar-refractivity contribution < 1.29 is 14.3 Å². The van der Waals surface area contributed by atoms with Crippen LogP contribution in [-0.4, -0.2) is 26.3 Å². The van der Waals surface area contributed by atoms with Crippen LogP contribution in [0, 0.1) is 0 Å². The molecule has 0 radical (unpaired) electrons. The first-order valence-electron chi connectivity index (χ1n) is 4.39. The third-order valence-corrected chi connectivity index (χ3v) is 1.55. The second kappa shape index (κ2) is 8.53. The minimum absolute atomic E-state index is 0.188. The molecule has 0 bridgehead atoms. The minimum atomic E-state index is -0.188. The summed E-state index contributed by atoms with van der Waals surface area (Å²) in [5.74, 6) is -0.188. The average molecular weight is 174 g/mol. The fourth-order valence-electron chi connectivity index (χ4n) is 0.918. The summed E-state index contributed by atoms with van der Waals surface area (Å²) in [4.78, 5) is 10.3. The third-order valence-electron chi connectivity index (χ3n) is 1.55. The van der Waals surface area contributed by atoms with E-state index in [1.54, 1.807) is 7.11 Å². The molecule has 0 aromatic heterocycles. The zero-order valence-electron chi connectivity index (χ0n) is 7.97. The van der Waals surface area contributed by atoms with Gasteiger partial charge in [-0.2, -0.15) is 0 Å². The van der Waals surface area contributed by atoms with Crippen LogP contribution in [0.4, 0.5) is 0 Å². The Balaban J connectivity index is 2.86. The Hall–Kier alpha value is -0.570. The molecule has 12 heavy (non-hydrogen) atoms. The SMILES string of the molecule is COCCCCCCOC(C)=O. The van der Waals surface area contributed by atoms with Crippen LogP contribution >= 0.6 is 0 Å². The summed E-state index contributed by atoms with van der Waals surface area (Å²) in [6, 6.07) is 0. The molecule has 0 rings (SSSR count). The minimum Gasteiger partial charge on any atom is -0.466 e. The van der Waals surface area contributed by atoms with E-state index in [0.29, 0.717) is 6.61 Å². The second-order valence-corrected chi connectivity index (χ2v) is 2.75. The molecule has 0 N–H and O–H groups in total. The highest BCUT2D eigenvalue weighted by Gasteiger charge is 1.92. The Bertz CT molecular complexity index is 112. The lowest BCUT2D eigenvalue weighted by Gasteiger charge is -2.01. The Morgan fingerprint density at radius 1 is 1.08 bits per heavy atom. The van der Waals surface area contributed by atoms with Crippen molar-refractivity contribution in [2.45, 2.75) is 32.6 Å². The van der Waals surface area contributed by atoms with Gasteiger partial charge in [0.05, 0.1) is 6.61 Å². The highest BCUT2D eigenvalue weighted by molar-refractivity contribution is 5.65. The molecule has 0 unspecified atom stereocenters. The lowest BCUT2D eigenvalue weighted by atomic mass is 10.2. The summed E-state index contributed by atoms with van der Waals surface area (Å²) in [6.45, 7) is 2.82. The Morgan fingerprint density at radius 3 is 2.17 bits per heavy atom. The standard InChI is InChI=1S/C9H18O3/c1-9(10)12-8-6-4-3-5-7-11-2/h3-8H2,1-2H3. The van der Waals surface area contributed by atoms with Gasteiger partial charge in [-0.1, -0.05) is 6.42 Å². The topological polar surface area (TPSA) is 35.5 Å². The van der Waals surface area contributed by atoms with E-state index in [4.69, 9.17) is 9.47 Å². The first-order chi connectivity index (χ1) is 5.77. The monoisotopic (exact) mass is 174 g/mol. The second-order valence-electron chi connectivity index (χ2n) is 2.75. The number of carbonyl (C=O) groups is 1. The van der Waals surface area contributed by atoms with Crippen molar-refractivity contribution in [3.8, 4) is 0 Å². The molecule has 0 fully saturated rings. The summed E-state index contributed by atoms with van der Waals surface area (Å²) in [5, 5.41) is 0. The largest absolute Gasteiger partial charge is 0.466 e. The zero-order chi connectivity index (χ0) is 9.23. The maximum Gasteiger partial charge on any atom is 0.302 e. The molecule has 0 spiro atoms. The Kier molecular flexibility index (Phi) is 8.12. The average Bonchev–Trinajstić information content (AvgIpc) is 2.02. The van der Waals surface area contributed by atoms with Gasteiger partial charge in [0.1, 0.15) is 0 Å². The van der Waals surface area contributed by atoms with Gasteiger partial charge in [-0.3, -0.25) is 4.79 Å². The fourth-order valence-corrected chi connectivity index (χ4v) is 0.918. The third kappa shape index (κ3) is 9.43. The van der Waals surface area contributed by atoms with Crippen LogP contribution in [0.5, 0.6) is 0 Å². The number of methoxy groups -OCH3 is 1. The molecule has 0 aliphatic rings. The molecule has 3 nitrogen and oxygen atoms in total. The molecule has 0 aromatic rings. The molecule has 0 aromatic carbocycles. The van der Waals surface area contributed by atoms with E-state index in [-0.39, 0.29) is 5.97 Å². The molecule has 0 aliphatic carbocycles. The van der Waals surface area contributed by atoms with Crippen LogP contribution in [0.1, 0.15) is 32.6 Å². The van der Waals surface area contributed by atoms with Crippen molar-refractivity contribution in [3.05, 3.63) is 0 Å². The van der Waals surface area contributed by atoms with E-state index in [2.05, 4.69) is 0 Å². The summed E-state index contributed by atoms with van der Waals surface area (Å²) in [5.41, 5.74) is 0. The van der Waals surface area contributed by atoms with Gasteiger partial charge in [0, 0.05) is 20.6 Å². The molecule has 0 atom stereocenters. The lowest BCUT2D eigenvalue weighted by Crippen LogP contribution is -2.00. The maximum absolute atomic E-state index is 10.3. The molecule has 0 aliphatic heterocycles. The first-order valence-corrected chi connectivity index (χ1v) is 4.39. The number of rotatable bonds is 7. The van der Waals surface area contributed by atoms with Crippen LogP contribution in [-0.2, 0) is 14.3 Å². The van der Waals surface area contributed by atoms with Gasteiger partial charge >= 0.3 is 5.97 Å². The van der Waals surface area contributed by atoms with Crippen LogP contribution in [0.2, 0.25) is 0 Å². The van der Waals surface area contributed by atoms with Gasteiger partial charge in [0.2, 0.25) is 0 Å². The van der Waals surface area contributed by atoms with Gasteiger partial charge in [-0.15, -0.1) is 0 Å². The molecule has 0 saturated carbocycles. The van der Waals surface area contributed by atoms with Crippen molar-refractivity contribution in [1.82, 2.24) is 0 Å². The van der Waals surface area contributed by atoms with E-state index in [1.807, 2.05) is 0 Å². The predicted octanol–water partition coefficient (Wildman–Crippen LogP) is 1.76. The highest BCUT2D eigenvalue weighted by atomic mass is 16.5. The Labute approximate surface area is 74.0 Å². The fraction of sp³-hybridized carbons (Fsp3) is 0.889. The molecule has 3 heteroatoms. The molecule has 0 amide bonds. The molecule has 72 valence electrons. The number of hydrogen-bond donors (Lipinski definition) is 0. The summed E-state index contributed by atoms with van der Waals surface area (Å²) in [7, 11) is 1.71. The van der Waals surface area contributed by atoms with Crippen molar-refractivity contribution in [2.75, 3.05) is 20.3 Å². The summed E-state index contributed by atoms with van der Waals surface area (Å²) < 4.78 is 9.68. The molecule has 0 heterocycles. The smallest absolute Gasteiger partial charge is 0.302 e. The highest BCUT2D eigenvalue weighted by Crippen LogP contribution is 1.99. The van der Waals surface area contributed by atoms with Crippen molar-refractivity contribution in [2.24, 2.45) is 0 Å². The summed E-state index contributed by atoms with van der Waals surface area (Å²) in [6.07, 6.45) is 4.31. The number of esters is 1. The number of carbonyl (C=O) groups excluding carboxylic acids is 1. The molecular weight excluding hydrogens is 156 g/mol. The van der Waals surface area contributed by atoms with E-state index in [1.165, 1.54) is 6.92 Å². The molecular formula is C9H18O3. The number of unbranched alkanes of at least 4 members (excludes halogenated alkanes) is 3. The maximum atomic E-state index is 10.3. The number of ether oxygens (including phenoxy) is 2. The van der Waals surface area contributed by atoms with E-state index in [9.17, 15) is 4.79 Å². The lowest BCUT2D eigenvalue weighted by molar-refractivity contribution is -0.141. The normalized spacial score (nSPS) is 9.83. The van der Waals surface area contributed by atoms with Crippen molar-refractivity contribution >= 4 is 5.97 Å². The van der Waals surface area contributed by atoms with E-state index >= 15 is 0 Å². The van der Waals surface area contributed by atoms with Crippen LogP contribution in [0.25, 0.3) is 0 Å². The predicted molar refractivity (Wildman–Crippen MR) is 47.0 cm³/mol. The van der Waals surface area contributed by atoms with Crippen molar-refractivity contribution in [3.63, 3.8) is 0 Å². The van der Waals surface area contributed by atoms with Gasteiger partial charge in [-0.25, -0.2) is 0 Å². The summed E-state index contributed by atoms with van der Waals surface area (Å²) >= 11 is 0. The zero-order valence-corrected chi connectivity index (χ0v) is 7.97. The van der Waals surface area contributed by atoms with Gasteiger partial charge in [0.15, 0.2) is 0 Å². The van der Waals surface area contributed by atoms with Gasteiger partial charge < -0.3 is 9.47 Å². The van der Waals surface area contributed by atoms with Gasteiger partial charge in [-0.05, 0) is 19.3 Å². The quantitative estimate of drug-likeness (QED) is 0.436. The Morgan fingerprint density at radius 2 is 1.67 bits per heavy atom. The van der Waals surface area contributed by atoms with Crippen LogP contribution in [0.3, 0.4) is 0 Å². The van der Waals surface area contributed by atoms with E-state index in [0.717, 1.165) is 32.3 Å². The first kappa shape index (κ1) is 11.4.